The molecule has 1 aromatic rings. The van der Waals surface area contributed by atoms with E-state index < -0.39 is 5.97 Å². The summed E-state index contributed by atoms with van der Waals surface area (Å²) in [6.45, 7) is 0.794. The molecule has 2 N–H and O–H groups in total. The van der Waals surface area contributed by atoms with Gasteiger partial charge in [0.1, 0.15) is 0 Å². The summed E-state index contributed by atoms with van der Waals surface area (Å²) in [6.07, 6.45) is 4.25. The molecule has 4 heteroatoms. The number of aliphatic carboxylic acids is 1. The van der Waals surface area contributed by atoms with E-state index in [9.17, 15) is 4.79 Å². The molecule has 18 heavy (non-hydrogen) atoms. The number of carboxylic acid groups (broad SMARTS) is 1. The molecule has 0 spiro atoms. The lowest BCUT2D eigenvalue weighted by atomic mass is 9.88. The summed E-state index contributed by atoms with van der Waals surface area (Å²) in [5, 5.41) is 12.0. The maximum Gasteiger partial charge on any atom is 0.303 e. The van der Waals surface area contributed by atoms with Gasteiger partial charge in [-0.3, -0.25) is 4.79 Å². The first-order valence-corrected chi connectivity index (χ1v) is 7.17. The number of hydrogen-bond acceptors (Lipinski definition) is 2. The molecule has 98 valence electrons. The van der Waals surface area contributed by atoms with E-state index in [1.54, 1.807) is 0 Å². The number of halogens is 1. The van der Waals surface area contributed by atoms with Crippen LogP contribution < -0.4 is 5.32 Å². The molecule has 2 rings (SSSR count). The molecule has 0 radical (unpaired) electrons. The summed E-state index contributed by atoms with van der Waals surface area (Å²) in [7, 11) is 0. The largest absolute Gasteiger partial charge is 0.481 e. The van der Waals surface area contributed by atoms with Crippen LogP contribution in [0.1, 0.15) is 30.4 Å². The van der Waals surface area contributed by atoms with Gasteiger partial charge in [-0.2, -0.15) is 0 Å². The molecular formula is C14H18BrNO2. The van der Waals surface area contributed by atoms with Crippen LogP contribution in [-0.4, -0.2) is 23.7 Å². The zero-order valence-corrected chi connectivity index (χ0v) is 11.9. The fourth-order valence-electron chi connectivity index (χ4n) is 2.44. The molecule has 1 atom stereocenters. The topological polar surface area (TPSA) is 49.3 Å². The van der Waals surface area contributed by atoms with E-state index in [4.69, 9.17) is 5.11 Å². The Morgan fingerprint density at radius 1 is 1.44 bits per heavy atom. The molecule has 0 saturated heterocycles. The Morgan fingerprint density at radius 2 is 2.28 bits per heavy atom. The van der Waals surface area contributed by atoms with Crippen molar-refractivity contribution in [3.63, 3.8) is 0 Å². The van der Waals surface area contributed by atoms with Gasteiger partial charge >= 0.3 is 5.97 Å². The van der Waals surface area contributed by atoms with Gasteiger partial charge in [0.2, 0.25) is 0 Å². The number of fused-ring (bicyclic) bond motifs is 1. The smallest absolute Gasteiger partial charge is 0.303 e. The minimum atomic E-state index is -0.712. The summed E-state index contributed by atoms with van der Waals surface area (Å²) in [4.78, 5) is 10.4. The summed E-state index contributed by atoms with van der Waals surface area (Å²) >= 11 is 3.50. The summed E-state index contributed by atoms with van der Waals surface area (Å²) < 4.78 is 1.15. The fourth-order valence-corrected chi connectivity index (χ4v) is 2.85. The second kappa shape index (κ2) is 6.34. The van der Waals surface area contributed by atoms with Gasteiger partial charge in [-0.25, -0.2) is 0 Å². The Kier molecular flexibility index (Phi) is 4.78. The van der Waals surface area contributed by atoms with Crippen LogP contribution in [0, 0.1) is 0 Å². The molecular weight excluding hydrogens is 294 g/mol. The number of carbonyl (C=O) groups is 1. The average molecular weight is 312 g/mol. The van der Waals surface area contributed by atoms with Gasteiger partial charge in [-0.15, -0.1) is 0 Å². The van der Waals surface area contributed by atoms with Gasteiger partial charge in [0.05, 0.1) is 0 Å². The van der Waals surface area contributed by atoms with Gasteiger partial charge in [0.25, 0.3) is 0 Å². The van der Waals surface area contributed by atoms with Crippen molar-refractivity contribution >= 4 is 21.9 Å². The van der Waals surface area contributed by atoms with Crippen molar-refractivity contribution < 1.29 is 9.90 Å². The number of hydrogen-bond donors (Lipinski definition) is 2. The molecule has 1 aliphatic rings. The molecule has 1 aliphatic carbocycles. The van der Waals surface area contributed by atoms with Crippen LogP contribution in [0.2, 0.25) is 0 Å². The van der Waals surface area contributed by atoms with E-state index in [-0.39, 0.29) is 6.42 Å². The highest BCUT2D eigenvalue weighted by atomic mass is 79.9. The molecule has 1 aromatic carbocycles. The highest BCUT2D eigenvalue weighted by molar-refractivity contribution is 9.10. The van der Waals surface area contributed by atoms with Crippen LogP contribution in [0.15, 0.2) is 22.7 Å². The Morgan fingerprint density at radius 3 is 3.06 bits per heavy atom. The van der Waals surface area contributed by atoms with E-state index >= 15 is 0 Å². The number of aryl methyl sites for hydroxylation is 1. The monoisotopic (exact) mass is 311 g/mol. The number of benzene rings is 1. The molecule has 0 bridgehead atoms. The van der Waals surface area contributed by atoms with Crippen molar-refractivity contribution in [2.24, 2.45) is 0 Å². The molecule has 0 amide bonds. The second-order valence-corrected chi connectivity index (χ2v) is 5.72. The zero-order valence-electron chi connectivity index (χ0n) is 10.3. The Balaban J connectivity index is 1.81. The van der Waals surface area contributed by atoms with Crippen LogP contribution in [0.4, 0.5) is 0 Å². The number of carboxylic acids is 1. The number of nitrogens with one attached hydrogen (secondary N) is 1. The third kappa shape index (κ3) is 3.82. The van der Waals surface area contributed by atoms with Gasteiger partial charge < -0.3 is 10.4 Å². The minimum Gasteiger partial charge on any atom is -0.481 e. The summed E-state index contributed by atoms with van der Waals surface area (Å²) in [5.41, 5.74) is 2.85. The second-order valence-electron chi connectivity index (χ2n) is 4.80. The first-order valence-electron chi connectivity index (χ1n) is 6.37. The van der Waals surface area contributed by atoms with Crippen molar-refractivity contribution in [3.8, 4) is 0 Å². The van der Waals surface area contributed by atoms with Gasteiger partial charge in [-0.1, -0.05) is 22.0 Å². The fraction of sp³-hybridized carbons (Fsp3) is 0.500. The summed E-state index contributed by atoms with van der Waals surface area (Å²) in [5.74, 6) is -0.712. The molecule has 0 aromatic heterocycles. The van der Waals surface area contributed by atoms with Gasteiger partial charge in [0, 0.05) is 16.9 Å². The number of rotatable bonds is 5. The van der Waals surface area contributed by atoms with Crippen LogP contribution in [0.5, 0.6) is 0 Å². The van der Waals surface area contributed by atoms with E-state index in [0.29, 0.717) is 12.5 Å². The van der Waals surface area contributed by atoms with Crippen LogP contribution in [0.25, 0.3) is 0 Å². The molecule has 1 unspecified atom stereocenters. The minimum absolute atomic E-state index is 0.253. The zero-order chi connectivity index (χ0) is 13.0. The third-order valence-electron chi connectivity index (χ3n) is 3.40. The molecule has 0 aliphatic heterocycles. The van der Waals surface area contributed by atoms with Crippen molar-refractivity contribution in [2.45, 2.75) is 38.1 Å². The lowest BCUT2D eigenvalue weighted by Crippen LogP contribution is -2.35. The van der Waals surface area contributed by atoms with E-state index in [0.717, 1.165) is 30.3 Å². The Bertz CT molecular complexity index is 434. The van der Waals surface area contributed by atoms with Crippen LogP contribution >= 0.6 is 15.9 Å². The van der Waals surface area contributed by atoms with E-state index in [2.05, 4.69) is 39.4 Å². The molecule has 0 fully saturated rings. The molecule has 0 heterocycles. The van der Waals surface area contributed by atoms with E-state index in [1.165, 1.54) is 11.1 Å². The average Bonchev–Trinajstić information content (AvgIpc) is 2.34. The van der Waals surface area contributed by atoms with Crippen molar-refractivity contribution in [1.82, 2.24) is 5.32 Å². The van der Waals surface area contributed by atoms with Crippen molar-refractivity contribution in [3.05, 3.63) is 33.8 Å². The highest BCUT2D eigenvalue weighted by Crippen LogP contribution is 2.24. The highest BCUT2D eigenvalue weighted by Gasteiger charge is 2.17. The standard InChI is InChI=1S/C14H18BrNO2/c15-12-5-3-11-9-13(6-4-10(11)8-12)16-7-1-2-14(17)18/h3,5,8,13,16H,1-2,4,6-7,9H2,(H,17,18). The lowest BCUT2D eigenvalue weighted by molar-refractivity contribution is -0.137. The van der Waals surface area contributed by atoms with Gasteiger partial charge in [-0.05, 0) is 55.5 Å². The van der Waals surface area contributed by atoms with Gasteiger partial charge in [0.15, 0.2) is 0 Å². The summed E-state index contributed by atoms with van der Waals surface area (Å²) in [6, 6.07) is 6.97. The quantitative estimate of drug-likeness (QED) is 0.822. The Hall–Kier alpha value is -0.870. The first-order chi connectivity index (χ1) is 8.65. The molecule has 3 nitrogen and oxygen atoms in total. The Labute approximate surface area is 116 Å². The first kappa shape index (κ1) is 13.6. The lowest BCUT2D eigenvalue weighted by Gasteiger charge is -2.25. The predicted octanol–water partition coefficient (Wildman–Crippen LogP) is 2.76. The van der Waals surface area contributed by atoms with Crippen LogP contribution in [0.3, 0.4) is 0 Å². The maximum absolute atomic E-state index is 10.4. The maximum atomic E-state index is 10.4. The van der Waals surface area contributed by atoms with E-state index in [1.807, 2.05) is 0 Å². The van der Waals surface area contributed by atoms with Crippen LogP contribution in [-0.2, 0) is 17.6 Å². The molecule has 0 saturated carbocycles. The predicted molar refractivity (Wildman–Crippen MR) is 74.8 cm³/mol. The third-order valence-corrected chi connectivity index (χ3v) is 3.89. The SMILES string of the molecule is O=C(O)CCCNC1CCc2cc(Br)ccc2C1. The van der Waals surface area contributed by atoms with Crippen molar-refractivity contribution in [1.29, 1.82) is 0 Å². The normalized spacial score (nSPS) is 18.4. The van der Waals surface area contributed by atoms with Crippen molar-refractivity contribution in [2.75, 3.05) is 6.54 Å².